The summed E-state index contributed by atoms with van der Waals surface area (Å²) in [6, 6.07) is 25.6. The van der Waals surface area contributed by atoms with Crippen LogP contribution in [0.2, 0.25) is 0 Å². The Hall–Kier alpha value is -3.33. The molecule has 0 fully saturated rings. The third kappa shape index (κ3) is 3.88. The number of amidine groups is 1. The van der Waals surface area contributed by atoms with Crippen molar-refractivity contribution in [2.45, 2.75) is 32.8 Å². The molecule has 0 aromatic heterocycles. The van der Waals surface area contributed by atoms with E-state index in [0.29, 0.717) is 6.61 Å². The quantitative estimate of drug-likeness (QED) is 0.518. The fourth-order valence-electron chi connectivity index (χ4n) is 4.19. The molecule has 3 heteroatoms. The summed E-state index contributed by atoms with van der Waals surface area (Å²) in [5.74, 6) is 1.97. The van der Waals surface area contributed by atoms with Gasteiger partial charge in [-0.1, -0.05) is 69.3 Å². The standard InChI is InChI=1S/C28H28N2O/c1-28(2,3)23-12-8-20(9-13-23)19-31-24-14-10-21(11-15-24)26-18-22-6-4-5-7-25(22)27-29-16-17-30(26)27/h4-15,18H,16-17,19H2,1-3H3. The minimum Gasteiger partial charge on any atom is -0.489 e. The van der Waals surface area contributed by atoms with E-state index in [2.05, 4.69) is 105 Å². The molecule has 0 radical (unpaired) electrons. The number of hydrogen-bond donors (Lipinski definition) is 0. The minimum atomic E-state index is 0.170. The third-order valence-electron chi connectivity index (χ3n) is 6.00. The molecular weight excluding hydrogens is 380 g/mol. The molecule has 2 aliphatic heterocycles. The molecule has 2 aliphatic rings. The lowest BCUT2D eigenvalue weighted by molar-refractivity contribution is 0.306. The molecule has 0 bridgehead atoms. The fraction of sp³-hybridized carbons (Fsp3) is 0.250. The summed E-state index contributed by atoms with van der Waals surface area (Å²) in [6.07, 6.45) is 2.27. The van der Waals surface area contributed by atoms with Gasteiger partial charge in [0.25, 0.3) is 0 Å². The van der Waals surface area contributed by atoms with Crippen molar-refractivity contribution in [1.82, 2.24) is 4.90 Å². The van der Waals surface area contributed by atoms with Crippen LogP contribution in [0, 0.1) is 0 Å². The van der Waals surface area contributed by atoms with E-state index in [9.17, 15) is 0 Å². The highest BCUT2D eigenvalue weighted by Crippen LogP contribution is 2.33. The van der Waals surface area contributed by atoms with Crippen molar-refractivity contribution in [3.8, 4) is 5.75 Å². The van der Waals surface area contributed by atoms with Crippen molar-refractivity contribution >= 4 is 17.6 Å². The average molecular weight is 409 g/mol. The van der Waals surface area contributed by atoms with Gasteiger partial charge in [0.1, 0.15) is 18.2 Å². The normalized spacial score (nSPS) is 15.1. The maximum absolute atomic E-state index is 6.05. The van der Waals surface area contributed by atoms with Crippen molar-refractivity contribution in [3.05, 3.63) is 101 Å². The van der Waals surface area contributed by atoms with Crippen molar-refractivity contribution in [2.24, 2.45) is 4.99 Å². The second-order valence-corrected chi connectivity index (χ2v) is 9.23. The summed E-state index contributed by atoms with van der Waals surface area (Å²) in [5.41, 5.74) is 7.54. The molecule has 0 saturated carbocycles. The zero-order valence-corrected chi connectivity index (χ0v) is 18.4. The average Bonchev–Trinajstić information content (AvgIpc) is 3.28. The van der Waals surface area contributed by atoms with Crippen LogP contribution in [0.3, 0.4) is 0 Å². The van der Waals surface area contributed by atoms with Crippen molar-refractivity contribution < 1.29 is 4.74 Å². The molecule has 2 heterocycles. The first-order valence-corrected chi connectivity index (χ1v) is 10.9. The summed E-state index contributed by atoms with van der Waals surface area (Å²) in [5, 5.41) is 0. The van der Waals surface area contributed by atoms with E-state index in [1.165, 1.54) is 33.5 Å². The van der Waals surface area contributed by atoms with Gasteiger partial charge in [0.05, 0.1) is 12.2 Å². The predicted molar refractivity (Wildman–Crippen MR) is 128 cm³/mol. The number of benzene rings is 3. The van der Waals surface area contributed by atoms with Crippen molar-refractivity contribution in [3.63, 3.8) is 0 Å². The molecular formula is C28H28N2O. The first kappa shape index (κ1) is 19.6. The molecule has 0 atom stereocenters. The Morgan fingerprint density at radius 1 is 0.903 bits per heavy atom. The highest BCUT2D eigenvalue weighted by molar-refractivity contribution is 6.12. The monoisotopic (exact) mass is 408 g/mol. The van der Waals surface area contributed by atoms with Crippen LogP contribution in [0.4, 0.5) is 0 Å². The van der Waals surface area contributed by atoms with E-state index in [-0.39, 0.29) is 5.41 Å². The SMILES string of the molecule is CC(C)(C)c1ccc(COc2ccc(C3=Cc4ccccc4C4=NCCN34)cc2)cc1. The summed E-state index contributed by atoms with van der Waals surface area (Å²) >= 11 is 0. The molecule has 0 amide bonds. The lowest BCUT2D eigenvalue weighted by Crippen LogP contribution is -2.30. The molecule has 0 saturated heterocycles. The smallest absolute Gasteiger partial charge is 0.136 e. The molecule has 156 valence electrons. The molecule has 0 aliphatic carbocycles. The molecule has 3 aromatic rings. The zero-order valence-electron chi connectivity index (χ0n) is 18.4. The van der Waals surface area contributed by atoms with E-state index in [0.717, 1.165) is 24.7 Å². The van der Waals surface area contributed by atoms with Gasteiger partial charge in [-0.2, -0.15) is 0 Å². The maximum Gasteiger partial charge on any atom is 0.136 e. The molecule has 3 nitrogen and oxygen atoms in total. The van der Waals surface area contributed by atoms with Gasteiger partial charge in [0, 0.05) is 12.1 Å². The van der Waals surface area contributed by atoms with Crippen LogP contribution in [-0.2, 0) is 12.0 Å². The second kappa shape index (κ2) is 7.73. The van der Waals surface area contributed by atoms with E-state index < -0.39 is 0 Å². The fourth-order valence-corrected chi connectivity index (χ4v) is 4.19. The van der Waals surface area contributed by atoms with Gasteiger partial charge in [0.15, 0.2) is 0 Å². The van der Waals surface area contributed by atoms with Crippen LogP contribution >= 0.6 is 0 Å². The van der Waals surface area contributed by atoms with Crippen molar-refractivity contribution in [2.75, 3.05) is 13.1 Å². The largest absolute Gasteiger partial charge is 0.489 e. The highest BCUT2D eigenvalue weighted by atomic mass is 16.5. The predicted octanol–water partition coefficient (Wildman–Crippen LogP) is 6.14. The van der Waals surface area contributed by atoms with E-state index in [4.69, 9.17) is 9.73 Å². The Morgan fingerprint density at radius 2 is 1.65 bits per heavy atom. The molecule has 5 rings (SSSR count). The van der Waals surface area contributed by atoms with Gasteiger partial charge in [-0.25, -0.2) is 0 Å². The maximum atomic E-state index is 6.05. The Kier molecular flexibility index (Phi) is 4.90. The highest BCUT2D eigenvalue weighted by Gasteiger charge is 2.28. The molecule has 0 spiro atoms. The zero-order chi connectivity index (χ0) is 21.4. The number of fused-ring (bicyclic) bond motifs is 3. The van der Waals surface area contributed by atoms with Crippen LogP contribution in [0.15, 0.2) is 77.8 Å². The summed E-state index contributed by atoms with van der Waals surface area (Å²) in [4.78, 5) is 7.08. The van der Waals surface area contributed by atoms with Crippen LogP contribution in [0.5, 0.6) is 5.75 Å². The van der Waals surface area contributed by atoms with Gasteiger partial charge in [-0.3, -0.25) is 4.99 Å². The summed E-state index contributed by atoms with van der Waals surface area (Å²) in [7, 11) is 0. The Morgan fingerprint density at radius 3 is 2.39 bits per heavy atom. The number of rotatable bonds is 4. The number of hydrogen-bond acceptors (Lipinski definition) is 3. The van der Waals surface area contributed by atoms with E-state index in [1.54, 1.807) is 0 Å². The molecule has 0 unspecified atom stereocenters. The number of aliphatic imine (C=N–C) groups is 1. The minimum absolute atomic E-state index is 0.170. The third-order valence-corrected chi connectivity index (χ3v) is 6.00. The van der Waals surface area contributed by atoms with Gasteiger partial charge < -0.3 is 9.64 Å². The number of ether oxygens (including phenoxy) is 1. The van der Waals surface area contributed by atoms with Crippen LogP contribution < -0.4 is 4.74 Å². The second-order valence-electron chi connectivity index (χ2n) is 9.23. The Bertz CT molecular complexity index is 1150. The summed E-state index contributed by atoms with van der Waals surface area (Å²) < 4.78 is 6.05. The lowest BCUT2D eigenvalue weighted by Gasteiger charge is -2.29. The van der Waals surface area contributed by atoms with Gasteiger partial charge in [-0.05, 0) is 58.0 Å². The topological polar surface area (TPSA) is 24.8 Å². The lowest BCUT2D eigenvalue weighted by atomic mass is 9.87. The number of nitrogens with zero attached hydrogens (tertiary/aromatic N) is 2. The first-order chi connectivity index (χ1) is 15.0. The van der Waals surface area contributed by atoms with Gasteiger partial charge in [0.2, 0.25) is 0 Å². The van der Waals surface area contributed by atoms with E-state index in [1.807, 2.05) is 0 Å². The van der Waals surface area contributed by atoms with Crippen molar-refractivity contribution in [1.29, 1.82) is 0 Å². The van der Waals surface area contributed by atoms with Crippen LogP contribution in [-0.4, -0.2) is 23.8 Å². The molecule has 3 aromatic carbocycles. The Balaban J connectivity index is 1.32. The molecule has 31 heavy (non-hydrogen) atoms. The van der Waals surface area contributed by atoms with Crippen LogP contribution in [0.25, 0.3) is 11.8 Å². The Labute approximate surface area is 184 Å². The van der Waals surface area contributed by atoms with E-state index >= 15 is 0 Å². The van der Waals surface area contributed by atoms with Gasteiger partial charge in [-0.15, -0.1) is 0 Å². The van der Waals surface area contributed by atoms with Gasteiger partial charge >= 0.3 is 0 Å². The summed E-state index contributed by atoms with van der Waals surface area (Å²) in [6.45, 7) is 9.05. The first-order valence-electron chi connectivity index (χ1n) is 10.9. The van der Waals surface area contributed by atoms with Crippen LogP contribution in [0.1, 0.15) is 48.6 Å². The molecule has 0 N–H and O–H groups in total.